The number of anilines is 1. The topological polar surface area (TPSA) is 58.6 Å². The molecular weight excluding hydrogens is 316 g/mol. The van der Waals surface area contributed by atoms with Crippen molar-refractivity contribution in [2.24, 2.45) is 0 Å². The summed E-state index contributed by atoms with van der Waals surface area (Å²) in [5.41, 5.74) is 0.573. The Kier molecular flexibility index (Phi) is 5.33. The van der Waals surface area contributed by atoms with Gasteiger partial charge in [0.2, 0.25) is 0 Å². The number of nitrogens with zero attached hydrogens (tertiary/aromatic N) is 1. The molecule has 130 valence electrons. The number of ether oxygens (including phenoxy) is 1. The van der Waals surface area contributed by atoms with E-state index < -0.39 is 11.8 Å². The van der Waals surface area contributed by atoms with Crippen LogP contribution in [0.15, 0.2) is 54.6 Å². The van der Waals surface area contributed by atoms with Gasteiger partial charge in [0.25, 0.3) is 0 Å². The van der Waals surface area contributed by atoms with Crippen molar-refractivity contribution in [1.29, 1.82) is 0 Å². The van der Waals surface area contributed by atoms with Crippen LogP contribution in [-0.4, -0.2) is 29.3 Å². The van der Waals surface area contributed by atoms with E-state index >= 15 is 0 Å². The minimum Gasteiger partial charge on any atom is -0.457 e. The van der Waals surface area contributed by atoms with E-state index in [4.69, 9.17) is 4.74 Å². The molecule has 2 amide bonds. The number of amides is 2. The Balaban J connectivity index is 1.59. The van der Waals surface area contributed by atoms with Gasteiger partial charge in [-0.25, -0.2) is 0 Å². The Morgan fingerprint density at radius 3 is 2.36 bits per heavy atom. The molecule has 0 aliphatic carbocycles. The van der Waals surface area contributed by atoms with Crippen molar-refractivity contribution in [3.63, 3.8) is 0 Å². The number of benzene rings is 2. The van der Waals surface area contributed by atoms with Crippen molar-refractivity contribution in [1.82, 2.24) is 4.90 Å². The van der Waals surface area contributed by atoms with Gasteiger partial charge < -0.3 is 15.0 Å². The maximum atomic E-state index is 12.3. The number of piperidine rings is 1. The molecule has 0 aromatic heterocycles. The number of rotatable bonds is 3. The van der Waals surface area contributed by atoms with Crippen LogP contribution >= 0.6 is 0 Å². The molecule has 1 heterocycles. The van der Waals surface area contributed by atoms with E-state index in [-0.39, 0.29) is 6.04 Å². The summed E-state index contributed by atoms with van der Waals surface area (Å²) < 4.78 is 5.71. The first-order chi connectivity index (χ1) is 12.1. The van der Waals surface area contributed by atoms with E-state index in [1.165, 1.54) is 0 Å². The highest BCUT2D eigenvalue weighted by Gasteiger charge is 2.28. The SMILES string of the molecule is CC1CCCCN1C(=O)C(=O)Nc1ccc(Oc2ccccc2)cc1. The predicted octanol–water partition coefficient (Wildman–Crippen LogP) is 3.82. The molecular formula is C20H22N2O3. The van der Waals surface area contributed by atoms with Crippen LogP contribution in [0.4, 0.5) is 5.69 Å². The lowest BCUT2D eigenvalue weighted by Gasteiger charge is -2.32. The van der Waals surface area contributed by atoms with Gasteiger partial charge in [-0.2, -0.15) is 0 Å². The van der Waals surface area contributed by atoms with Crippen molar-refractivity contribution >= 4 is 17.5 Å². The maximum absolute atomic E-state index is 12.3. The lowest BCUT2D eigenvalue weighted by atomic mass is 10.0. The third-order valence-electron chi connectivity index (χ3n) is 4.35. The van der Waals surface area contributed by atoms with Crippen LogP contribution in [0.1, 0.15) is 26.2 Å². The van der Waals surface area contributed by atoms with E-state index in [9.17, 15) is 9.59 Å². The Morgan fingerprint density at radius 2 is 1.68 bits per heavy atom. The number of likely N-dealkylation sites (tertiary alicyclic amines) is 1. The molecule has 5 heteroatoms. The first-order valence-electron chi connectivity index (χ1n) is 8.58. The summed E-state index contributed by atoms with van der Waals surface area (Å²) in [6.07, 6.45) is 3.01. The average Bonchev–Trinajstić information content (AvgIpc) is 2.64. The minimum atomic E-state index is -0.592. The number of hydrogen-bond donors (Lipinski definition) is 1. The van der Waals surface area contributed by atoms with Crippen molar-refractivity contribution < 1.29 is 14.3 Å². The Labute approximate surface area is 147 Å². The van der Waals surface area contributed by atoms with Crippen molar-refractivity contribution in [3.8, 4) is 11.5 Å². The predicted molar refractivity (Wildman–Crippen MR) is 96.6 cm³/mol. The van der Waals surface area contributed by atoms with Gasteiger partial charge >= 0.3 is 11.8 Å². The third kappa shape index (κ3) is 4.38. The lowest BCUT2D eigenvalue weighted by Crippen LogP contribution is -2.47. The molecule has 25 heavy (non-hydrogen) atoms. The lowest BCUT2D eigenvalue weighted by molar-refractivity contribution is -0.145. The molecule has 0 radical (unpaired) electrons. The standard InChI is InChI=1S/C20H22N2O3/c1-15-7-5-6-14-22(15)20(24)19(23)21-16-10-12-18(13-11-16)25-17-8-3-2-4-9-17/h2-4,8-13,15H,5-7,14H2,1H3,(H,21,23). The zero-order valence-corrected chi connectivity index (χ0v) is 14.3. The van der Waals surface area contributed by atoms with Gasteiger partial charge in [-0.15, -0.1) is 0 Å². The van der Waals surface area contributed by atoms with Gasteiger partial charge in [0.15, 0.2) is 0 Å². The summed E-state index contributed by atoms with van der Waals surface area (Å²) in [4.78, 5) is 26.2. The molecule has 2 aromatic rings. The molecule has 1 aliphatic rings. The molecule has 0 saturated carbocycles. The second kappa shape index (κ2) is 7.83. The van der Waals surface area contributed by atoms with Crippen LogP contribution in [0.25, 0.3) is 0 Å². The van der Waals surface area contributed by atoms with Crippen LogP contribution in [0, 0.1) is 0 Å². The zero-order valence-electron chi connectivity index (χ0n) is 14.3. The quantitative estimate of drug-likeness (QED) is 0.866. The number of hydrogen-bond acceptors (Lipinski definition) is 3. The summed E-state index contributed by atoms with van der Waals surface area (Å²) in [5.74, 6) is 0.357. The summed E-state index contributed by atoms with van der Waals surface area (Å²) in [5, 5.41) is 2.66. The molecule has 1 saturated heterocycles. The van der Waals surface area contributed by atoms with Crippen molar-refractivity contribution in [3.05, 3.63) is 54.6 Å². The Hall–Kier alpha value is -2.82. The van der Waals surface area contributed by atoms with Gasteiger partial charge in [0.1, 0.15) is 11.5 Å². The van der Waals surface area contributed by atoms with Gasteiger partial charge in [-0.3, -0.25) is 9.59 Å². The number of carbonyl (C=O) groups excluding carboxylic acids is 2. The van der Waals surface area contributed by atoms with Gasteiger partial charge in [-0.05, 0) is 62.6 Å². The second-order valence-corrected chi connectivity index (χ2v) is 6.24. The van der Waals surface area contributed by atoms with Gasteiger partial charge in [0.05, 0.1) is 0 Å². The van der Waals surface area contributed by atoms with Crippen LogP contribution in [0.5, 0.6) is 11.5 Å². The van der Waals surface area contributed by atoms with E-state index in [1.54, 1.807) is 29.2 Å². The van der Waals surface area contributed by atoms with E-state index in [0.717, 1.165) is 25.0 Å². The second-order valence-electron chi connectivity index (χ2n) is 6.24. The van der Waals surface area contributed by atoms with Crippen LogP contribution in [0.2, 0.25) is 0 Å². The first-order valence-corrected chi connectivity index (χ1v) is 8.58. The van der Waals surface area contributed by atoms with Gasteiger partial charge in [0, 0.05) is 18.3 Å². The number of nitrogens with one attached hydrogen (secondary N) is 1. The Morgan fingerprint density at radius 1 is 1.00 bits per heavy atom. The summed E-state index contributed by atoms with van der Waals surface area (Å²) in [7, 11) is 0. The Bertz CT molecular complexity index is 728. The smallest absolute Gasteiger partial charge is 0.313 e. The molecule has 0 bridgehead atoms. The number of para-hydroxylation sites is 1. The fourth-order valence-corrected chi connectivity index (χ4v) is 2.95. The molecule has 1 fully saturated rings. The summed E-state index contributed by atoms with van der Waals surface area (Å²) in [6.45, 7) is 2.64. The highest BCUT2D eigenvalue weighted by Crippen LogP contribution is 2.23. The molecule has 0 spiro atoms. The van der Waals surface area contributed by atoms with E-state index in [1.807, 2.05) is 37.3 Å². The molecule has 1 atom stereocenters. The fourth-order valence-electron chi connectivity index (χ4n) is 2.95. The minimum absolute atomic E-state index is 0.119. The van der Waals surface area contributed by atoms with E-state index in [0.29, 0.717) is 18.0 Å². The number of carbonyl (C=O) groups is 2. The molecule has 3 rings (SSSR count). The largest absolute Gasteiger partial charge is 0.457 e. The van der Waals surface area contributed by atoms with Crippen LogP contribution in [-0.2, 0) is 9.59 Å². The molecule has 1 unspecified atom stereocenters. The molecule has 2 aromatic carbocycles. The molecule has 5 nitrogen and oxygen atoms in total. The van der Waals surface area contributed by atoms with Crippen LogP contribution < -0.4 is 10.1 Å². The summed E-state index contributed by atoms with van der Waals surface area (Å²) >= 11 is 0. The maximum Gasteiger partial charge on any atom is 0.313 e. The first kappa shape index (κ1) is 17.0. The zero-order chi connectivity index (χ0) is 17.6. The monoisotopic (exact) mass is 338 g/mol. The van der Waals surface area contributed by atoms with Crippen molar-refractivity contribution in [2.45, 2.75) is 32.2 Å². The van der Waals surface area contributed by atoms with E-state index in [2.05, 4.69) is 5.32 Å². The molecule has 1 N–H and O–H groups in total. The molecule has 1 aliphatic heterocycles. The third-order valence-corrected chi connectivity index (χ3v) is 4.35. The van der Waals surface area contributed by atoms with Crippen molar-refractivity contribution in [2.75, 3.05) is 11.9 Å². The van der Waals surface area contributed by atoms with Crippen LogP contribution in [0.3, 0.4) is 0 Å². The normalized spacial score (nSPS) is 17.0. The summed E-state index contributed by atoms with van der Waals surface area (Å²) in [6, 6.07) is 16.6. The fraction of sp³-hybridized carbons (Fsp3) is 0.300. The highest BCUT2D eigenvalue weighted by atomic mass is 16.5. The highest BCUT2D eigenvalue weighted by molar-refractivity contribution is 6.39. The average molecular weight is 338 g/mol. The van der Waals surface area contributed by atoms with Gasteiger partial charge in [-0.1, -0.05) is 18.2 Å².